The SMILES string of the molecule is CC(CN)N1CCN(c2ncc(Br)cc2F)CC1. The van der Waals surface area contributed by atoms with Gasteiger partial charge in [-0.3, -0.25) is 4.90 Å². The minimum atomic E-state index is -0.273. The number of hydrogen-bond donors (Lipinski definition) is 1. The van der Waals surface area contributed by atoms with Crippen molar-refractivity contribution in [3.05, 3.63) is 22.6 Å². The van der Waals surface area contributed by atoms with Crippen LogP contribution < -0.4 is 10.6 Å². The van der Waals surface area contributed by atoms with E-state index in [2.05, 4.69) is 32.7 Å². The number of anilines is 1. The zero-order valence-electron chi connectivity index (χ0n) is 10.4. The minimum absolute atomic E-state index is 0.273. The predicted octanol–water partition coefficient (Wildman–Crippen LogP) is 1.45. The quantitative estimate of drug-likeness (QED) is 0.917. The Kier molecular flexibility index (Phi) is 4.53. The fraction of sp³-hybridized carbons (Fsp3) is 0.583. The molecule has 1 saturated heterocycles. The second-order valence-corrected chi connectivity index (χ2v) is 5.48. The minimum Gasteiger partial charge on any atom is -0.352 e. The summed E-state index contributed by atoms with van der Waals surface area (Å²) in [6.07, 6.45) is 1.63. The van der Waals surface area contributed by atoms with Crippen LogP contribution in [0.5, 0.6) is 0 Å². The van der Waals surface area contributed by atoms with Crippen LogP contribution in [-0.2, 0) is 0 Å². The molecule has 2 heterocycles. The molecule has 18 heavy (non-hydrogen) atoms. The van der Waals surface area contributed by atoms with Gasteiger partial charge in [0.2, 0.25) is 0 Å². The lowest BCUT2D eigenvalue weighted by molar-refractivity contribution is 0.200. The zero-order valence-corrected chi connectivity index (χ0v) is 12.0. The van der Waals surface area contributed by atoms with E-state index in [1.54, 1.807) is 6.20 Å². The summed E-state index contributed by atoms with van der Waals surface area (Å²) in [6.45, 7) is 6.15. The third-order valence-corrected chi connectivity index (χ3v) is 3.80. The Hall–Kier alpha value is -0.720. The van der Waals surface area contributed by atoms with Gasteiger partial charge in [0.25, 0.3) is 0 Å². The smallest absolute Gasteiger partial charge is 0.166 e. The molecule has 0 saturated carbocycles. The van der Waals surface area contributed by atoms with Crippen molar-refractivity contribution in [2.75, 3.05) is 37.6 Å². The maximum atomic E-state index is 13.8. The summed E-state index contributed by atoms with van der Waals surface area (Å²) in [5.74, 6) is 0.169. The van der Waals surface area contributed by atoms with E-state index in [4.69, 9.17) is 5.73 Å². The lowest BCUT2D eigenvalue weighted by atomic mass is 10.2. The number of nitrogens with zero attached hydrogens (tertiary/aromatic N) is 3. The lowest BCUT2D eigenvalue weighted by Crippen LogP contribution is -2.51. The summed E-state index contributed by atoms with van der Waals surface area (Å²) in [7, 11) is 0. The van der Waals surface area contributed by atoms with Crippen molar-refractivity contribution >= 4 is 21.7 Å². The molecule has 0 bridgehead atoms. The molecule has 1 aliphatic rings. The normalized spacial score (nSPS) is 19.0. The predicted molar refractivity (Wildman–Crippen MR) is 74.2 cm³/mol. The van der Waals surface area contributed by atoms with Gasteiger partial charge in [-0.1, -0.05) is 0 Å². The third kappa shape index (κ3) is 2.99. The monoisotopic (exact) mass is 316 g/mol. The molecule has 1 fully saturated rings. The van der Waals surface area contributed by atoms with Crippen LogP contribution in [0.3, 0.4) is 0 Å². The molecule has 1 aromatic heterocycles. The highest BCUT2D eigenvalue weighted by Gasteiger charge is 2.22. The second kappa shape index (κ2) is 5.95. The highest BCUT2D eigenvalue weighted by Crippen LogP contribution is 2.21. The number of rotatable bonds is 3. The topological polar surface area (TPSA) is 45.4 Å². The van der Waals surface area contributed by atoms with Gasteiger partial charge in [-0.15, -0.1) is 0 Å². The van der Waals surface area contributed by atoms with Crippen LogP contribution in [0.1, 0.15) is 6.92 Å². The van der Waals surface area contributed by atoms with Gasteiger partial charge in [0.15, 0.2) is 11.6 Å². The molecule has 0 amide bonds. The number of piperazine rings is 1. The van der Waals surface area contributed by atoms with E-state index >= 15 is 0 Å². The van der Waals surface area contributed by atoms with Gasteiger partial charge < -0.3 is 10.6 Å². The third-order valence-electron chi connectivity index (χ3n) is 3.37. The van der Waals surface area contributed by atoms with Crippen molar-refractivity contribution in [1.82, 2.24) is 9.88 Å². The van der Waals surface area contributed by atoms with E-state index in [9.17, 15) is 4.39 Å². The molecule has 1 unspecified atom stereocenters. The van der Waals surface area contributed by atoms with E-state index in [1.165, 1.54) is 6.07 Å². The van der Waals surface area contributed by atoms with Crippen LogP contribution in [0, 0.1) is 5.82 Å². The van der Waals surface area contributed by atoms with Crippen molar-refractivity contribution in [2.45, 2.75) is 13.0 Å². The molecule has 100 valence electrons. The maximum Gasteiger partial charge on any atom is 0.166 e. The first-order chi connectivity index (χ1) is 8.61. The Bertz CT molecular complexity index is 407. The Morgan fingerprint density at radius 3 is 2.67 bits per heavy atom. The number of aromatic nitrogens is 1. The molecule has 0 spiro atoms. The van der Waals surface area contributed by atoms with Crippen LogP contribution in [-0.4, -0.2) is 48.6 Å². The molecule has 2 rings (SSSR count). The van der Waals surface area contributed by atoms with Gasteiger partial charge in [0, 0.05) is 49.4 Å². The summed E-state index contributed by atoms with van der Waals surface area (Å²) in [6, 6.07) is 1.84. The fourth-order valence-electron chi connectivity index (χ4n) is 2.16. The van der Waals surface area contributed by atoms with Crippen molar-refractivity contribution in [1.29, 1.82) is 0 Å². The Balaban J connectivity index is 2.01. The molecule has 1 aromatic rings. The largest absolute Gasteiger partial charge is 0.352 e. The standard InChI is InChI=1S/C12H18BrFN4/c1-9(7-15)17-2-4-18(5-3-17)12-11(14)6-10(13)8-16-12/h6,8-9H,2-5,7,15H2,1H3. The van der Waals surface area contributed by atoms with Gasteiger partial charge in [-0.2, -0.15) is 0 Å². The summed E-state index contributed by atoms with van der Waals surface area (Å²) in [4.78, 5) is 8.47. The number of pyridine rings is 1. The van der Waals surface area contributed by atoms with Crippen LogP contribution in [0.2, 0.25) is 0 Å². The van der Waals surface area contributed by atoms with E-state index in [0.717, 1.165) is 26.2 Å². The van der Waals surface area contributed by atoms with Crippen molar-refractivity contribution in [3.63, 3.8) is 0 Å². The van der Waals surface area contributed by atoms with Gasteiger partial charge in [-0.05, 0) is 28.9 Å². The van der Waals surface area contributed by atoms with E-state index in [0.29, 0.717) is 22.9 Å². The highest BCUT2D eigenvalue weighted by molar-refractivity contribution is 9.10. The first-order valence-corrected chi connectivity index (χ1v) is 6.91. The van der Waals surface area contributed by atoms with Crippen molar-refractivity contribution in [3.8, 4) is 0 Å². The average molecular weight is 317 g/mol. The lowest BCUT2D eigenvalue weighted by Gasteiger charge is -2.38. The van der Waals surface area contributed by atoms with Gasteiger partial charge >= 0.3 is 0 Å². The number of hydrogen-bond acceptors (Lipinski definition) is 4. The van der Waals surface area contributed by atoms with Crippen LogP contribution in [0.25, 0.3) is 0 Å². The van der Waals surface area contributed by atoms with E-state index in [-0.39, 0.29) is 5.82 Å². The molecule has 6 heteroatoms. The summed E-state index contributed by atoms with van der Waals surface area (Å²) in [5.41, 5.74) is 5.66. The first kappa shape index (κ1) is 13.7. The van der Waals surface area contributed by atoms with E-state index < -0.39 is 0 Å². The summed E-state index contributed by atoms with van der Waals surface area (Å²) >= 11 is 3.22. The highest BCUT2D eigenvalue weighted by atomic mass is 79.9. The molecule has 1 atom stereocenters. The van der Waals surface area contributed by atoms with Crippen LogP contribution in [0.4, 0.5) is 10.2 Å². The Morgan fingerprint density at radius 2 is 2.11 bits per heavy atom. The molecule has 2 N–H and O–H groups in total. The molecule has 1 aliphatic heterocycles. The molecular weight excluding hydrogens is 299 g/mol. The zero-order chi connectivity index (χ0) is 13.1. The molecule has 0 aromatic carbocycles. The molecule has 4 nitrogen and oxygen atoms in total. The molecule has 0 aliphatic carbocycles. The van der Waals surface area contributed by atoms with Gasteiger partial charge in [0.1, 0.15) is 0 Å². The molecule has 0 radical (unpaired) electrons. The van der Waals surface area contributed by atoms with Gasteiger partial charge in [-0.25, -0.2) is 9.37 Å². The van der Waals surface area contributed by atoms with E-state index in [1.807, 2.05) is 4.90 Å². The van der Waals surface area contributed by atoms with Crippen molar-refractivity contribution in [2.24, 2.45) is 5.73 Å². The molecular formula is C12H18BrFN4. The first-order valence-electron chi connectivity index (χ1n) is 6.12. The second-order valence-electron chi connectivity index (χ2n) is 4.57. The summed E-state index contributed by atoms with van der Waals surface area (Å²) < 4.78 is 14.5. The Morgan fingerprint density at radius 1 is 1.44 bits per heavy atom. The Labute approximate surface area is 115 Å². The number of nitrogens with two attached hydrogens (primary N) is 1. The summed E-state index contributed by atoms with van der Waals surface area (Å²) in [5, 5.41) is 0. The van der Waals surface area contributed by atoms with Gasteiger partial charge in [0.05, 0.1) is 0 Å². The van der Waals surface area contributed by atoms with Crippen LogP contribution >= 0.6 is 15.9 Å². The maximum absolute atomic E-state index is 13.8. The van der Waals surface area contributed by atoms with Crippen molar-refractivity contribution < 1.29 is 4.39 Å². The van der Waals surface area contributed by atoms with Crippen LogP contribution in [0.15, 0.2) is 16.7 Å². The fourth-order valence-corrected chi connectivity index (χ4v) is 2.47. The number of halogens is 2. The average Bonchev–Trinajstić information content (AvgIpc) is 2.38.